The van der Waals surface area contributed by atoms with Crippen LogP contribution in [0.3, 0.4) is 0 Å². The molecule has 0 unspecified atom stereocenters. The van der Waals surface area contributed by atoms with Crippen LogP contribution in [0.25, 0.3) is 0 Å². The summed E-state index contributed by atoms with van der Waals surface area (Å²) in [6.45, 7) is 3.31. The van der Waals surface area contributed by atoms with Crippen LogP contribution in [0.2, 0.25) is 0 Å². The number of hydrogen-bond donors (Lipinski definition) is 1. The van der Waals surface area contributed by atoms with Gasteiger partial charge in [0.05, 0.1) is 11.7 Å². The average Bonchev–Trinajstić information content (AvgIpc) is 3.34. The first-order valence-electron chi connectivity index (χ1n) is 8.73. The Kier molecular flexibility index (Phi) is 5.08. The van der Waals surface area contributed by atoms with Crippen LogP contribution in [0.4, 0.5) is 0 Å². The molecule has 1 N–H and O–H groups in total. The Morgan fingerprint density at radius 2 is 2.27 bits per heavy atom. The number of nitrogens with one attached hydrogen (secondary N) is 1. The number of carbonyl (C=O) groups excluding carboxylic acids is 1. The molecule has 0 aromatic carbocycles. The van der Waals surface area contributed by atoms with Gasteiger partial charge in [0.25, 0.3) is 5.91 Å². The van der Waals surface area contributed by atoms with Crippen molar-refractivity contribution in [2.24, 2.45) is 0 Å². The van der Waals surface area contributed by atoms with E-state index in [-0.39, 0.29) is 11.9 Å². The molecule has 3 aromatic rings. The van der Waals surface area contributed by atoms with E-state index in [0.29, 0.717) is 6.54 Å². The Morgan fingerprint density at radius 3 is 3.08 bits per heavy atom. The minimum absolute atomic E-state index is 0.00466. The van der Waals surface area contributed by atoms with E-state index < -0.39 is 0 Å². The van der Waals surface area contributed by atoms with Crippen LogP contribution in [0.5, 0.6) is 0 Å². The predicted molar refractivity (Wildman–Crippen MR) is 101 cm³/mol. The summed E-state index contributed by atoms with van der Waals surface area (Å²) in [7, 11) is 0. The maximum atomic E-state index is 12.1. The Balaban J connectivity index is 1.38. The Bertz CT molecular complexity index is 846. The Morgan fingerprint density at radius 1 is 1.31 bits per heavy atom. The highest BCUT2D eigenvalue weighted by Crippen LogP contribution is 2.24. The summed E-state index contributed by atoms with van der Waals surface area (Å²) in [6, 6.07) is 8.26. The molecule has 1 atom stereocenters. The molecular weight excluding hydrogens is 346 g/mol. The van der Waals surface area contributed by atoms with Crippen molar-refractivity contribution in [3.8, 4) is 0 Å². The second kappa shape index (κ2) is 7.80. The SMILES string of the molecule is O=C(NCC[C@@H]1CN(Cc2cccnc2)Cc2ccnn21)c1ccsc1. The fourth-order valence-corrected chi connectivity index (χ4v) is 4.03. The normalized spacial score (nSPS) is 17.0. The van der Waals surface area contributed by atoms with E-state index in [9.17, 15) is 4.79 Å². The number of amides is 1. The number of pyridine rings is 1. The summed E-state index contributed by atoms with van der Waals surface area (Å²) in [6.07, 6.45) is 6.43. The lowest BCUT2D eigenvalue weighted by Gasteiger charge is -2.34. The fraction of sp³-hybridized carbons (Fsp3) is 0.316. The molecule has 1 aliphatic heterocycles. The van der Waals surface area contributed by atoms with Gasteiger partial charge in [0.15, 0.2) is 0 Å². The maximum Gasteiger partial charge on any atom is 0.252 e. The van der Waals surface area contributed by atoms with Crippen molar-refractivity contribution in [2.45, 2.75) is 25.6 Å². The molecule has 4 rings (SSSR count). The predicted octanol–water partition coefficient (Wildman–Crippen LogP) is 2.72. The third kappa shape index (κ3) is 3.84. The highest BCUT2D eigenvalue weighted by Gasteiger charge is 2.25. The van der Waals surface area contributed by atoms with Crippen LogP contribution < -0.4 is 5.32 Å². The monoisotopic (exact) mass is 367 g/mol. The lowest BCUT2D eigenvalue weighted by atomic mass is 10.1. The second-order valence-corrected chi connectivity index (χ2v) is 7.29. The highest BCUT2D eigenvalue weighted by molar-refractivity contribution is 7.08. The highest BCUT2D eigenvalue weighted by atomic mass is 32.1. The Labute approximate surface area is 156 Å². The van der Waals surface area contributed by atoms with Crippen LogP contribution >= 0.6 is 11.3 Å². The van der Waals surface area contributed by atoms with Crippen molar-refractivity contribution in [1.82, 2.24) is 25.0 Å². The quantitative estimate of drug-likeness (QED) is 0.728. The standard InChI is InChI=1S/C19H21N5OS/c25-19(16-5-9-26-14-16)21-7-3-17-12-23(11-15-2-1-6-20-10-15)13-18-4-8-22-24(17)18/h1-2,4-6,8-10,14,17H,3,7,11-13H2,(H,21,25)/t17-/m1/s1. The molecule has 3 aromatic heterocycles. The summed E-state index contributed by atoms with van der Waals surface area (Å²) in [4.78, 5) is 18.7. The van der Waals surface area contributed by atoms with Gasteiger partial charge in [0.1, 0.15) is 0 Å². The molecule has 1 aliphatic rings. The van der Waals surface area contributed by atoms with Crippen LogP contribution in [0.1, 0.15) is 34.1 Å². The fourth-order valence-electron chi connectivity index (χ4n) is 3.40. The van der Waals surface area contributed by atoms with Crippen LogP contribution in [-0.2, 0) is 13.1 Å². The molecule has 0 spiro atoms. The third-order valence-corrected chi connectivity index (χ3v) is 5.31. The van der Waals surface area contributed by atoms with Gasteiger partial charge in [-0.1, -0.05) is 6.07 Å². The Hall–Kier alpha value is -2.51. The van der Waals surface area contributed by atoms with Crippen molar-refractivity contribution in [3.05, 3.63) is 70.4 Å². The topological polar surface area (TPSA) is 63.1 Å². The van der Waals surface area contributed by atoms with E-state index in [0.717, 1.165) is 31.6 Å². The molecule has 6 nitrogen and oxygen atoms in total. The van der Waals surface area contributed by atoms with Crippen LogP contribution in [-0.4, -0.2) is 38.7 Å². The van der Waals surface area contributed by atoms with Crippen molar-refractivity contribution >= 4 is 17.2 Å². The lowest BCUT2D eigenvalue weighted by molar-refractivity contribution is 0.0947. The molecular formula is C19H21N5OS. The van der Waals surface area contributed by atoms with Gasteiger partial charge < -0.3 is 5.32 Å². The second-order valence-electron chi connectivity index (χ2n) is 6.51. The van der Waals surface area contributed by atoms with Crippen molar-refractivity contribution in [3.63, 3.8) is 0 Å². The van der Waals surface area contributed by atoms with E-state index in [1.54, 1.807) is 6.20 Å². The zero-order valence-electron chi connectivity index (χ0n) is 14.4. The smallest absolute Gasteiger partial charge is 0.252 e. The van der Waals surface area contributed by atoms with Gasteiger partial charge in [0, 0.05) is 55.7 Å². The summed E-state index contributed by atoms with van der Waals surface area (Å²) < 4.78 is 2.11. The van der Waals surface area contributed by atoms with Crippen LogP contribution in [0.15, 0.2) is 53.6 Å². The summed E-state index contributed by atoms with van der Waals surface area (Å²) >= 11 is 1.54. The molecule has 4 heterocycles. The van der Waals surface area contributed by atoms with Gasteiger partial charge in [-0.15, -0.1) is 0 Å². The van der Waals surface area contributed by atoms with Gasteiger partial charge in [-0.25, -0.2) is 0 Å². The minimum atomic E-state index is -0.00466. The zero-order valence-corrected chi connectivity index (χ0v) is 15.2. The number of hydrogen-bond acceptors (Lipinski definition) is 5. The summed E-state index contributed by atoms with van der Waals surface area (Å²) in [5.41, 5.74) is 3.16. The van der Waals surface area contributed by atoms with Gasteiger partial charge in [0.2, 0.25) is 0 Å². The number of rotatable bonds is 6. The molecule has 1 amide bonds. The lowest BCUT2D eigenvalue weighted by Crippen LogP contribution is -2.38. The van der Waals surface area contributed by atoms with Crippen molar-refractivity contribution in [1.29, 1.82) is 0 Å². The van der Waals surface area contributed by atoms with Gasteiger partial charge >= 0.3 is 0 Å². The van der Waals surface area contributed by atoms with Crippen LogP contribution in [0, 0.1) is 0 Å². The molecule has 134 valence electrons. The first kappa shape index (κ1) is 16.9. The first-order valence-corrected chi connectivity index (χ1v) is 9.68. The third-order valence-electron chi connectivity index (χ3n) is 4.63. The van der Waals surface area contributed by atoms with Crippen molar-refractivity contribution < 1.29 is 4.79 Å². The first-order chi connectivity index (χ1) is 12.8. The number of aromatic nitrogens is 3. The van der Waals surface area contributed by atoms with E-state index in [1.165, 1.54) is 22.6 Å². The largest absolute Gasteiger partial charge is 0.352 e. The summed E-state index contributed by atoms with van der Waals surface area (Å²) in [5.74, 6) is -0.00466. The van der Waals surface area contributed by atoms with Gasteiger partial charge in [-0.3, -0.25) is 19.4 Å². The molecule has 26 heavy (non-hydrogen) atoms. The minimum Gasteiger partial charge on any atom is -0.352 e. The maximum absolute atomic E-state index is 12.1. The average molecular weight is 367 g/mol. The summed E-state index contributed by atoms with van der Waals surface area (Å²) in [5, 5.41) is 11.3. The zero-order chi connectivity index (χ0) is 17.8. The molecule has 7 heteroatoms. The van der Waals surface area contributed by atoms with E-state index in [2.05, 4.69) is 37.1 Å². The number of carbonyl (C=O) groups is 1. The molecule has 0 fully saturated rings. The molecule has 0 saturated heterocycles. The number of nitrogens with zero attached hydrogens (tertiary/aromatic N) is 4. The molecule has 0 radical (unpaired) electrons. The van der Waals surface area contributed by atoms with Gasteiger partial charge in [-0.2, -0.15) is 16.4 Å². The van der Waals surface area contributed by atoms with E-state index >= 15 is 0 Å². The molecule has 0 bridgehead atoms. The number of fused-ring (bicyclic) bond motifs is 1. The van der Waals surface area contributed by atoms with Gasteiger partial charge in [-0.05, 0) is 35.6 Å². The van der Waals surface area contributed by atoms with E-state index in [1.807, 2.05) is 35.3 Å². The van der Waals surface area contributed by atoms with Crippen molar-refractivity contribution in [2.75, 3.05) is 13.1 Å². The van der Waals surface area contributed by atoms with E-state index in [4.69, 9.17) is 0 Å². The number of thiophene rings is 1. The molecule has 0 saturated carbocycles. The molecule has 0 aliphatic carbocycles.